The first-order valence-corrected chi connectivity index (χ1v) is 5.82. The third-order valence-corrected chi connectivity index (χ3v) is 3.18. The van der Waals surface area contributed by atoms with Gasteiger partial charge in [-0.3, -0.25) is 14.5 Å². The molecular weight excluding hydrogens is 208 g/mol. The first-order chi connectivity index (χ1) is 7.56. The fourth-order valence-electron chi connectivity index (χ4n) is 2.16. The number of carboxylic acids is 1. The van der Waals surface area contributed by atoms with Crippen LogP contribution >= 0.6 is 0 Å². The molecule has 92 valence electrons. The fourth-order valence-corrected chi connectivity index (χ4v) is 2.16. The average molecular weight is 228 g/mol. The highest BCUT2D eigenvalue weighted by Gasteiger charge is 2.33. The second-order valence-corrected chi connectivity index (χ2v) is 4.38. The zero-order valence-electron chi connectivity index (χ0n) is 9.69. The number of hydrogen-bond acceptors (Lipinski definition) is 3. The molecule has 1 fully saturated rings. The van der Waals surface area contributed by atoms with Gasteiger partial charge in [-0.25, -0.2) is 0 Å². The lowest BCUT2D eigenvalue weighted by molar-refractivity contribution is -0.143. The van der Waals surface area contributed by atoms with E-state index < -0.39 is 12.0 Å². The molecule has 16 heavy (non-hydrogen) atoms. The summed E-state index contributed by atoms with van der Waals surface area (Å²) in [5.74, 6) is -1.29. The van der Waals surface area contributed by atoms with Gasteiger partial charge in [0.25, 0.3) is 0 Å². The number of rotatable bonds is 6. The molecule has 0 aromatic rings. The predicted octanol–water partition coefficient (Wildman–Crippen LogP) is 0.437. The van der Waals surface area contributed by atoms with Gasteiger partial charge in [0.2, 0.25) is 5.91 Å². The molecule has 5 nitrogen and oxygen atoms in total. The molecule has 2 atom stereocenters. The Hall–Kier alpha value is -1.10. The second kappa shape index (κ2) is 5.84. The monoisotopic (exact) mass is 228 g/mol. The molecule has 1 aliphatic rings. The number of amides is 1. The fraction of sp³-hybridized carbons (Fsp3) is 0.818. The largest absolute Gasteiger partial charge is 0.480 e. The van der Waals surface area contributed by atoms with Crippen LogP contribution in [0.1, 0.15) is 32.6 Å². The molecule has 0 saturated carbocycles. The predicted molar refractivity (Wildman–Crippen MR) is 59.8 cm³/mol. The van der Waals surface area contributed by atoms with Crippen LogP contribution in [0.2, 0.25) is 0 Å². The summed E-state index contributed by atoms with van der Waals surface area (Å²) >= 11 is 0. The Bertz CT molecular complexity index is 268. The number of unbranched alkanes of at least 4 members (excludes halogenated alkanes) is 1. The number of hydrogen-bond donors (Lipinski definition) is 2. The summed E-state index contributed by atoms with van der Waals surface area (Å²) in [6.07, 6.45) is 3.22. The molecule has 1 amide bonds. The zero-order chi connectivity index (χ0) is 12.1. The molecule has 1 rings (SSSR count). The van der Waals surface area contributed by atoms with Crippen molar-refractivity contribution in [2.45, 2.75) is 38.6 Å². The van der Waals surface area contributed by atoms with E-state index >= 15 is 0 Å². The molecule has 0 spiro atoms. The summed E-state index contributed by atoms with van der Waals surface area (Å²) in [5, 5.41) is 9.13. The van der Waals surface area contributed by atoms with Crippen molar-refractivity contribution in [3.8, 4) is 0 Å². The van der Waals surface area contributed by atoms with Crippen molar-refractivity contribution in [2.24, 2.45) is 11.7 Å². The summed E-state index contributed by atoms with van der Waals surface area (Å²) in [6.45, 7) is 3.19. The molecule has 5 heteroatoms. The molecule has 0 aromatic carbocycles. The minimum absolute atomic E-state index is 0.177. The van der Waals surface area contributed by atoms with Crippen LogP contribution in [-0.2, 0) is 9.59 Å². The summed E-state index contributed by atoms with van der Waals surface area (Å²) < 4.78 is 0. The number of primary amides is 1. The summed E-state index contributed by atoms with van der Waals surface area (Å²) in [6, 6.07) is -0.454. The Morgan fingerprint density at radius 2 is 2.25 bits per heavy atom. The Morgan fingerprint density at radius 3 is 2.69 bits per heavy atom. The molecule has 0 aliphatic carbocycles. The number of aliphatic carboxylic acids is 1. The van der Waals surface area contributed by atoms with Gasteiger partial charge in [0.1, 0.15) is 6.04 Å². The van der Waals surface area contributed by atoms with Gasteiger partial charge >= 0.3 is 5.97 Å². The molecule has 0 radical (unpaired) electrons. The molecular formula is C11H20N2O3. The van der Waals surface area contributed by atoms with Crippen molar-refractivity contribution in [3.63, 3.8) is 0 Å². The van der Waals surface area contributed by atoms with Crippen molar-refractivity contribution < 1.29 is 14.7 Å². The third-order valence-electron chi connectivity index (χ3n) is 3.18. The Balaban J connectivity index is 2.53. The molecule has 0 bridgehead atoms. The lowest BCUT2D eigenvalue weighted by atomic mass is 10.1. The van der Waals surface area contributed by atoms with Crippen LogP contribution < -0.4 is 5.73 Å². The van der Waals surface area contributed by atoms with Crippen molar-refractivity contribution in [2.75, 3.05) is 13.1 Å². The molecule has 0 aromatic heterocycles. The summed E-state index contributed by atoms with van der Waals surface area (Å²) in [5.41, 5.74) is 5.22. The Morgan fingerprint density at radius 1 is 1.56 bits per heavy atom. The smallest absolute Gasteiger partial charge is 0.320 e. The van der Waals surface area contributed by atoms with E-state index in [1.165, 1.54) is 0 Å². The van der Waals surface area contributed by atoms with E-state index in [9.17, 15) is 9.59 Å². The van der Waals surface area contributed by atoms with Crippen molar-refractivity contribution in [1.82, 2.24) is 4.90 Å². The molecule has 1 heterocycles. The number of likely N-dealkylation sites (tertiary alicyclic amines) is 1. The SMILES string of the molecule is CCCCC(C(=O)O)N1CCC(C(N)=O)C1. The van der Waals surface area contributed by atoms with Gasteiger partial charge in [0.15, 0.2) is 0 Å². The lowest BCUT2D eigenvalue weighted by Gasteiger charge is -2.23. The van der Waals surface area contributed by atoms with Gasteiger partial charge < -0.3 is 10.8 Å². The van der Waals surface area contributed by atoms with Crippen LogP contribution in [0.3, 0.4) is 0 Å². The van der Waals surface area contributed by atoms with Crippen LogP contribution in [0, 0.1) is 5.92 Å². The number of carboxylic acid groups (broad SMARTS) is 1. The van der Waals surface area contributed by atoms with E-state index in [2.05, 4.69) is 0 Å². The van der Waals surface area contributed by atoms with Gasteiger partial charge in [-0.15, -0.1) is 0 Å². The second-order valence-electron chi connectivity index (χ2n) is 4.38. The zero-order valence-corrected chi connectivity index (χ0v) is 9.69. The van der Waals surface area contributed by atoms with Crippen LogP contribution in [0.4, 0.5) is 0 Å². The van der Waals surface area contributed by atoms with E-state index in [4.69, 9.17) is 10.8 Å². The van der Waals surface area contributed by atoms with Gasteiger partial charge in [0.05, 0.1) is 5.92 Å². The highest BCUT2D eigenvalue weighted by molar-refractivity contribution is 5.78. The quantitative estimate of drug-likeness (QED) is 0.691. The normalized spacial score (nSPS) is 23.2. The number of nitrogens with zero attached hydrogens (tertiary/aromatic N) is 1. The van der Waals surface area contributed by atoms with Gasteiger partial charge in [0, 0.05) is 6.54 Å². The number of carbonyl (C=O) groups excluding carboxylic acids is 1. The van der Waals surface area contributed by atoms with E-state index in [1.807, 2.05) is 11.8 Å². The molecule has 1 saturated heterocycles. The lowest BCUT2D eigenvalue weighted by Crippen LogP contribution is -2.40. The maximum Gasteiger partial charge on any atom is 0.320 e. The maximum atomic E-state index is 11.1. The molecule has 2 unspecified atom stereocenters. The van der Waals surface area contributed by atoms with Crippen molar-refractivity contribution >= 4 is 11.9 Å². The molecule has 1 aliphatic heterocycles. The van der Waals surface area contributed by atoms with Crippen LogP contribution in [0.5, 0.6) is 0 Å². The number of nitrogens with two attached hydrogens (primary N) is 1. The van der Waals surface area contributed by atoms with Crippen LogP contribution in [0.25, 0.3) is 0 Å². The minimum Gasteiger partial charge on any atom is -0.480 e. The van der Waals surface area contributed by atoms with Gasteiger partial charge in [-0.05, 0) is 19.4 Å². The van der Waals surface area contributed by atoms with Crippen LogP contribution in [0.15, 0.2) is 0 Å². The Kier molecular flexibility index (Phi) is 4.73. The molecule has 3 N–H and O–H groups in total. The number of carbonyl (C=O) groups is 2. The minimum atomic E-state index is -0.793. The van der Waals surface area contributed by atoms with Gasteiger partial charge in [-0.2, -0.15) is 0 Å². The van der Waals surface area contributed by atoms with E-state index in [0.717, 1.165) is 12.8 Å². The first kappa shape index (κ1) is 13.0. The highest BCUT2D eigenvalue weighted by Crippen LogP contribution is 2.21. The summed E-state index contributed by atoms with van der Waals surface area (Å²) in [7, 11) is 0. The summed E-state index contributed by atoms with van der Waals surface area (Å²) in [4.78, 5) is 24.0. The third kappa shape index (κ3) is 3.20. The topological polar surface area (TPSA) is 83.6 Å². The Labute approximate surface area is 95.6 Å². The average Bonchev–Trinajstić information content (AvgIpc) is 2.67. The van der Waals surface area contributed by atoms with Gasteiger partial charge in [-0.1, -0.05) is 19.8 Å². The van der Waals surface area contributed by atoms with Crippen molar-refractivity contribution in [3.05, 3.63) is 0 Å². The highest BCUT2D eigenvalue weighted by atomic mass is 16.4. The van der Waals surface area contributed by atoms with E-state index in [0.29, 0.717) is 25.9 Å². The standard InChI is InChI=1S/C11H20N2O3/c1-2-3-4-9(11(15)16)13-6-5-8(7-13)10(12)14/h8-9H,2-7H2,1H3,(H2,12,14)(H,15,16). The first-order valence-electron chi connectivity index (χ1n) is 5.82. The maximum absolute atomic E-state index is 11.1. The van der Waals surface area contributed by atoms with Crippen molar-refractivity contribution in [1.29, 1.82) is 0 Å². The van der Waals surface area contributed by atoms with Crippen LogP contribution in [-0.4, -0.2) is 41.0 Å². The van der Waals surface area contributed by atoms with E-state index in [-0.39, 0.29) is 11.8 Å². The van der Waals surface area contributed by atoms with E-state index in [1.54, 1.807) is 0 Å².